The van der Waals surface area contributed by atoms with E-state index in [0.717, 1.165) is 0 Å². The minimum atomic E-state index is 0.103. The summed E-state index contributed by atoms with van der Waals surface area (Å²) in [7, 11) is 1.78. The number of hydrogen-bond acceptors (Lipinski definition) is 5. The van der Waals surface area contributed by atoms with Gasteiger partial charge in [-0.25, -0.2) is 0 Å². The third-order valence-corrected chi connectivity index (χ3v) is 2.12. The molecule has 2 rings (SSSR count). The van der Waals surface area contributed by atoms with Crippen LogP contribution in [-0.2, 0) is 7.05 Å². The molecule has 0 unspecified atom stereocenters. The maximum atomic E-state index is 5.70. The van der Waals surface area contributed by atoms with Crippen LogP contribution in [0, 0.1) is 0 Å². The van der Waals surface area contributed by atoms with E-state index in [1.807, 2.05) is 6.92 Å². The molecule has 0 saturated carbocycles. The number of imidazole rings is 1. The van der Waals surface area contributed by atoms with E-state index in [9.17, 15) is 0 Å². The van der Waals surface area contributed by atoms with Gasteiger partial charge in [-0.2, -0.15) is 15.0 Å². The summed E-state index contributed by atoms with van der Waals surface area (Å²) < 4.78 is 6.99. The molecule has 0 bridgehead atoms. The highest BCUT2D eigenvalue weighted by atomic mass is 35.5. The zero-order valence-electron chi connectivity index (χ0n) is 8.36. The quantitative estimate of drug-likeness (QED) is 0.775. The maximum absolute atomic E-state index is 5.70. The van der Waals surface area contributed by atoms with E-state index in [0.29, 0.717) is 23.8 Å². The predicted octanol–water partition coefficient (Wildman–Crippen LogP) is 0.998. The van der Waals surface area contributed by atoms with Gasteiger partial charge in [-0.3, -0.25) is 4.57 Å². The molecule has 0 radical (unpaired) electrons. The molecular formula is C8H10ClN5O. The number of hydrogen-bond donors (Lipinski definition) is 1. The van der Waals surface area contributed by atoms with Crippen molar-refractivity contribution in [3.05, 3.63) is 5.28 Å². The summed E-state index contributed by atoms with van der Waals surface area (Å²) in [5, 5.41) is 0.103. The number of aryl methyl sites for hydroxylation is 1. The number of anilines is 1. The van der Waals surface area contributed by atoms with Gasteiger partial charge < -0.3 is 10.5 Å². The van der Waals surface area contributed by atoms with Crippen LogP contribution in [0.1, 0.15) is 6.92 Å². The van der Waals surface area contributed by atoms with Crippen LogP contribution in [0.5, 0.6) is 6.01 Å². The van der Waals surface area contributed by atoms with Crippen LogP contribution in [-0.4, -0.2) is 26.1 Å². The number of nitrogens with zero attached hydrogens (tertiary/aromatic N) is 4. The molecule has 0 amide bonds. The fourth-order valence-electron chi connectivity index (χ4n) is 1.29. The van der Waals surface area contributed by atoms with Crippen molar-refractivity contribution in [2.24, 2.45) is 7.05 Å². The monoisotopic (exact) mass is 227 g/mol. The number of fused-ring (bicyclic) bond motifs is 1. The Morgan fingerprint density at radius 1 is 1.40 bits per heavy atom. The van der Waals surface area contributed by atoms with Gasteiger partial charge in [0, 0.05) is 7.05 Å². The molecule has 0 aliphatic heterocycles. The van der Waals surface area contributed by atoms with E-state index < -0.39 is 0 Å². The minimum absolute atomic E-state index is 0.103. The summed E-state index contributed by atoms with van der Waals surface area (Å²) in [4.78, 5) is 12.0. The van der Waals surface area contributed by atoms with Crippen LogP contribution < -0.4 is 10.5 Å². The van der Waals surface area contributed by atoms with E-state index in [1.165, 1.54) is 0 Å². The highest BCUT2D eigenvalue weighted by molar-refractivity contribution is 6.28. The zero-order chi connectivity index (χ0) is 11.0. The van der Waals surface area contributed by atoms with E-state index in [1.54, 1.807) is 11.6 Å². The van der Waals surface area contributed by atoms with Crippen LogP contribution in [0.25, 0.3) is 11.2 Å². The predicted molar refractivity (Wildman–Crippen MR) is 56.9 cm³/mol. The minimum Gasteiger partial charge on any atom is -0.465 e. The van der Waals surface area contributed by atoms with Crippen molar-refractivity contribution >= 4 is 28.6 Å². The number of nitrogens with two attached hydrogens (primary N) is 1. The lowest BCUT2D eigenvalue weighted by atomic mass is 10.5. The van der Waals surface area contributed by atoms with Crippen LogP contribution in [0.4, 0.5) is 5.82 Å². The van der Waals surface area contributed by atoms with Crippen LogP contribution in [0.2, 0.25) is 5.28 Å². The van der Waals surface area contributed by atoms with Crippen LogP contribution in [0.3, 0.4) is 0 Å². The molecule has 15 heavy (non-hydrogen) atoms. The van der Waals surface area contributed by atoms with Crippen LogP contribution in [0.15, 0.2) is 0 Å². The maximum Gasteiger partial charge on any atom is 0.298 e. The summed E-state index contributed by atoms with van der Waals surface area (Å²) >= 11 is 5.70. The van der Waals surface area contributed by atoms with Gasteiger partial charge in [0.15, 0.2) is 17.0 Å². The first-order chi connectivity index (χ1) is 7.13. The normalized spacial score (nSPS) is 10.9. The van der Waals surface area contributed by atoms with Gasteiger partial charge >= 0.3 is 0 Å². The Morgan fingerprint density at radius 2 is 2.13 bits per heavy atom. The Bertz CT molecular complexity index is 509. The zero-order valence-corrected chi connectivity index (χ0v) is 9.12. The summed E-state index contributed by atoms with van der Waals surface area (Å²) in [5.41, 5.74) is 6.74. The molecule has 80 valence electrons. The van der Waals surface area contributed by atoms with E-state index in [2.05, 4.69) is 15.0 Å². The summed E-state index contributed by atoms with van der Waals surface area (Å²) in [6.45, 7) is 2.40. The van der Waals surface area contributed by atoms with Gasteiger partial charge in [0.05, 0.1) is 6.61 Å². The summed E-state index contributed by atoms with van der Waals surface area (Å²) in [5.74, 6) is 0.256. The molecule has 0 aliphatic carbocycles. The highest BCUT2D eigenvalue weighted by Crippen LogP contribution is 2.23. The molecular weight excluding hydrogens is 218 g/mol. The summed E-state index contributed by atoms with van der Waals surface area (Å²) in [6.07, 6.45) is 0. The fraction of sp³-hybridized carbons (Fsp3) is 0.375. The molecule has 2 aromatic rings. The average Bonchev–Trinajstić information content (AvgIpc) is 2.47. The molecule has 0 fully saturated rings. The van der Waals surface area contributed by atoms with Crippen molar-refractivity contribution in [2.75, 3.05) is 12.3 Å². The van der Waals surface area contributed by atoms with Crippen molar-refractivity contribution in [2.45, 2.75) is 6.92 Å². The van der Waals surface area contributed by atoms with Crippen molar-refractivity contribution in [3.8, 4) is 6.01 Å². The molecule has 2 heterocycles. The Morgan fingerprint density at radius 3 is 2.80 bits per heavy atom. The van der Waals surface area contributed by atoms with E-state index >= 15 is 0 Å². The molecule has 2 N–H and O–H groups in total. The first-order valence-electron chi connectivity index (χ1n) is 4.41. The summed E-state index contributed by atoms with van der Waals surface area (Å²) in [6, 6.07) is 0.454. The smallest absolute Gasteiger partial charge is 0.298 e. The molecule has 7 heteroatoms. The lowest BCUT2D eigenvalue weighted by Crippen LogP contribution is -1.99. The van der Waals surface area contributed by atoms with Crippen molar-refractivity contribution in [1.29, 1.82) is 0 Å². The number of aromatic nitrogens is 4. The molecule has 2 aromatic heterocycles. The van der Waals surface area contributed by atoms with Crippen molar-refractivity contribution in [3.63, 3.8) is 0 Å². The first-order valence-corrected chi connectivity index (χ1v) is 4.79. The number of ether oxygens (including phenoxy) is 1. The van der Waals surface area contributed by atoms with Gasteiger partial charge in [0.25, 0.3) is 6.01 Å². The van der Waals surface area contributed by atoms with Gasteiger partial charge in [-0.05, 0) is 18.5 Å². The lowest BCUT2D eigenvalue weighted by molar-refractivity contribution is 0.304. The van der Waals surface area contributed by atoms with Gasteiger partial charge in [-0.1, -0.05) is 0 Å². The Kier molecular flexibility index (Phi) is 2.36. The number of nitrogen functional groups attached to an aromatic ring is 1. The standard InChI is InChI=1S/C8H10ClN5O/c1-3-15-8-11-4-5(10)12-7(9)13-6(4)14(8)2/h3H2,1-2H3,(H2,10,12,13). The number of halogens is 1. The molecule has 0 aliphatic rings. The third-order valence-electron chi connectivity index (χ3n) is 1.95. The molecule has 6 nitrogen and oxygen atoms in total. The largest absolute Gasteiger partial charge is 0.465 e. The van der Waals surface area contributed by atoms with E-state index in [4.69, 9.17) is 22.1 Å². The second kappa shape index (κ2) is 3.54. The van der Waals surface area contributed by atoms with Crippen molar-refractivity contribution in [1.82, 2.24) is 19.5 Å². The number of rotatable bonds is 2. The average molecular weight is 228 g/mol. The molecule has 0 aromatic carbocycles. The van der Waals surface area contributed by atoms with Gasteiger partial charge in [0.2, 0.25) is 5.28 Å². The Hall–Kier alpha value is -1.56. The Labute approximate surface area is 91.0 Å². The molecule has 0 saturated heterocycles. The van der Waals surface area contributed by atoms with Gasteiger partial charge in [-0.15, -0.1) is 0 Å². The fourth-order valence-corrected chi connectivity index (χ4v) is 1.46. The van der Waals surface area contributed by atoms with E-state index in [-0.39, 0.29) is 11.1 Å². The SMILES string of the molecule is CCOc1nc2c(N)nc(Cl)nc2n1C. The second-order valence-corrected chi connectivity index (χ2v) is 3.27. The molecule has 0 spiro atoms. The van der Waals surface area contributed by atoms with Gasteiger partial charge in [0.1, 0.15) is 0 Å². The lowest BCUT2D eigenvalue weighted by Gasteiger charge is -2.00. The second-order valence-electron chi connectivity index (χ2n) is 2.94. The third kappa shape index (κ3) is 1.56. The highest BCUT2D eigenvalue weighted by Gasteiger charge is 2.14. The van der Waals surface area contributed by atoms with Crippen LogP contribution >= 0.6 is 11.6 Å². The topological polar surface area (TPSA) is 78.8 Å². The Balaban J connectivity index is 2.70. The van der Waals surface area contributed by atoms with Crippen molar-refractivity contribution < 1.29 is 4.74 Å². The first kappa shape index (κ1) is 9.97. The molecule has 0 atom stereocenters.